The van der Waals surface area contributed by atoms with E-state index in [4.69, 9.17) is 21.0 Å². The number of halogens is 2. The zero-order valence-electron chi connectivity index (χ0n) is 18.3. The molecular weight excluding hydrogens is 444 g/mol. The number of nitrogens with two attached hydrogens (primary N) is 1. The molecule has 0 bridgehead atoms. The second-order valence-corrected chi connectivity index (χ2v) is 7.40. The predicted octanol–water partition coefficient (Wildman–Crippen LogP) is 4.01. The van der Waals surface area contributed by atoms with Crippen molar-refractivity contribution in [3.05, 3.63) is 94.6 Å². The van der Waals surface area contributed by atoms with Gasteiger partial charge in [-0.3, -0.25) is 10.2 Å². The number of nitrogens with one attached hydrogen (secondary N) is 2. The molecule has 7 nitrogen and oxygen atoms in total. The molecule has 0 radical (unpaired) electrons. The normalized spacial score (nSPS) is 11.6. The smallest absolute Gasteiger partial charge is 0.335 e. The molecule has 1 unspecified atom stereocenters. The third kappa shape index (κ3) is 5.62. The minimum Gasteiger partial charge on any atom is -0.478 e. The van der Waals surface area contributed by atoms with Gasteiger partial charge >= 0.3 is 5.97 Å². The summed E-state index contributed by atoms with van der Waals surface area (Å²) in [4.78, 5) is 24.0. The molecule has 1 atom stereocenters. The lowest BCUT2D eigenvalue weighted by atomic mass is 9.98. The molecule has 0 aliphatic carbocycles. The van der Waals surface area contributed by atoms with Gasteiger partial charge in [0, 0.05) is 18.7 Å². The van der Waals surface area contributed by atoms with Gasteiger partial charge in [0.15, 0.2) is 6.10 Å². The van der Waals surface area contributed by atoms with E-state index in [-0.39, 0.29) is 30.1 Å². The number of carbonyl (C=O) groups excluding carboxylic acids is 1. The summed E-state index contributed by atoms with van der Waals surface area (Å²) in [6.07, 6.45) is -1.53. The number of aromatic carboxylic acids is 1. The Morgan fingerprint density at radius 1 is 1.03 bits per heavy atom. The SMILES string of the molecule is CCOC(C(=O)NCc1ccc(C(=N)N)cc1)c1c(F)cc(-c2cccc(C(=O)O)c2)cc1F. The van der Waals surface area contributed by atoms with E-state index < -0.39 is 35.2 Å². The fraction of sp³-hybridized carbons (Fsp3) is 0.160. The lowest BCUT2D eigenvalue weighted by Crippen LogP contribution is -2.31. The van der Waals surface area contributed by atoms with Crippen LogP contribution in [-0.2, 0) is 16.1 Å². The zero-order valence-corrected chi connectivity index (χ0v) is 18.3. The molecule has 1 amide bonds. The first-order chi connectivity index (χ1) is 16.2. The summed E-state index contributed by atoms with van der Waals surface area (Å²) in [5.41, 5.74) is 6.53. The number of hydrogen-bond acceptors (Lipinski definition) is 4. The van der Waals surface area contributed by atoms with Crippen molar-refractivity contribution < 1.29 is 28.2 Å². The van der Waals surface area contributed by atoms with Crippen molar-refractivity contribution in [1.29, 1.82) is 5.41 Å². The van der Waals surface area contributed by atoms with E-state index in [2.05, 4.69) is 5.32 Å². The number of amidine groups is 1. The number of carboxylic acid groups (broad SMARTS) is 1. The summed E-state index contributed by atoms with van der Waals surface area (Å²) in [7, 11) is 0. The number of carbonyl (C=O) groups is 2. The van der Waals surface area contributed by atoms with Crippen LogP contribution in [0.3, 0.4) is 0 Å². The number of rotatable bonds is 9. The highest BCUT2D eigenvalue weighted by Crippen LogP contribution is 2.30. The third-order valence-electron chi connectivity index (χ3n) is 5.09. The Bertz CT molecular complexity index is 1210. The first-order valence-corrected chi connectivity index (χ1v) is 10.4. The highest BCUT2D eigenvalue weighted by molar-refractivity contribution is 5.95. The Balaban J connectivity index is 1.84. The van der Waals surface area contributed by atoms with Gasteiger partial charge in [-0.25, -0.2) is 13.6 Å². The summed E-state index contributed by atoms with van der Waals surface area (Å²) in [5, 5.41) is 19.2. The number of nitrogen functional groups attached to an aromatic ring is 1. The Kier molecular flexibility index (Phi) is 7.70. The molecule has 3 aromatic carbocycles. The fourth-order valence-electron chi connectivity index (χ4n) is 3.37. The third-order valence-corrected chi connectivity index (χ3v) is 5.09. The van der Waals surface area contributed by atoms with Gasteiger partial charge in [0.1, 0.15) is 17.5 Å². The number of hydrogen-bond donors (Lipinski definition) is 4. The predicted molar refractivity (Wildman–Crippen MR) is 122 cm³/mol. The molecule has 0 aliphatic heterocycles. The van der Waals surface area contributed by atoms with Gasteiger partial charge in [-0.2, -0.15) is 0 Å². The molecule has 9 heteroatoms. The molecular formula is C25H23F2N3O4. The van der Waals surface area contributed by atoms with Crippen LogP contribution in [0.15, 0.2) is 60.7 Å². The molecule has 176 valence electrons. The average Bonchev–Trinajstić information content (AvgIpc) is 2.81. The van der Waals surface area contributed by atoms with Crippen molar-refractivity contribution in [1.82, 2.24) is 5.32 Å². The molecule has 34 heavy (non-hydrogen) atoms. The second-order valence-electron chi connectivity index (χ2n) is 7.40. The molecule has 0 heterocycles. The largest absolute Gasteiger partial charge is 0.478 e. The van der Waals surface area contributed by atoms with Crippen molar-refractivity contribution in [2.45, 2.75) is 19.6 Å². The fourth-order valence-corrected chi connectivity index (χ4v) is 3.37. The van der Waals surface area contributed by atoms with Gasteiger partial charge in [0.2, 0.25) is 0 Å². The molecule has 0 saturated carbocycles. The van der Waals surface area contributed by atoms with Crippen LogP contribution >= 0.6 is 0 Å². The van der Waals surface area contributed by atoms with Crippen LogP contribution in [0.2, 0.25) is 0 Å². The molecule has 3 aromatic rings. The summed E-state index contributed by atoms with van der Waals surface area (Å²) in [6.45, 7) is 1.71. The van der Waals surface area contributed by atoms with Crippen LogP contribution in [-0.4, -0.2) is 29.4 Å². The summed E-state index contributed by atoms with van der Waals surface area (Å²) >= 11 is 0. The molecule has 0 aliphatic rings. The van der Waals surface area contributed by atoms with Crippen LogP contribution < -0.4 is 11.1 Å². The van der Waals surface area contributed by atoms with Crippen molar-refractivity contribution >= 4 is 17.7 Å². The quantitative estimate of drug-likeness (QED) is 0.280. The maximum absolute atomic E-state index is 15.0. The number of amides is 1. The number of carboxylic acids is 1. The number of benzene rings is 3. The number of ether oxygens (including phenoxy) is 1. The lowest BCUT2D eigenvalue weighted by Gasteiger charge is -2.19. The van der Waals surface area contributed by atoms with Crippen LogP contribution in [0.5, 0.6) is 0 Å². The van der Waals surface area contributed by atoms with E-state index in [9.17, 15) is 9.59 Å². The maximum Gasteiger partial charge on any atom is 0.335 e. The van der Waals surface area contributed by atoms with Crippen LogP contribution in [0, 0.1) is 17.0 Å². The Labute approximate surface area is 194 Å². The minimum absolute atomic E-state index is 0.0229. The maximum atomic E-state index is 15.0. The van der Waals surface area contributed by atoms with Crippen LogP contribution in [0.25, 0.3) is 11.1 Å². The summed E-state index contributed by atoms with van der Waals surface area (Å²) in [6, 6.07) is 14.4. The molecule has 0 spiro atoms. The van der Waals surface area contributed by atoms with Gasteiger partial charge in [-0.05, 0) is 47.9 Å². The van der Waals surface area contributed by atoms with Gasteiger partial charge < -0.3 is 20.9 Å². The van der Waals surface area contributed by atoms with Crippen molar-refractivity contribution in [3.63, 3.8) is 0 Å². The first-order valence-electron chi connectivity index (χ1n) is 10.4. The Morgan fingerprint density at radius 2 is 1.68 bits per heavy atom. The summed E-state index contributed by atoms with van der Waals surface area (Å²) < 4.78 is 35.4. The van der Waals surface area contributed by atoms with Gasteiger partial charge in [0.25, 0.3) is 5.91 Å². The lowest BCUT2D eigenvalue weighted by molar-refractivity contribution is -0.133. The van der Waals surface area contributed by atoms with E-state index in [1.54, 1.807) is 31.2 Å². The topological polar surface area (TPSA) is 126 Å². The molecule has 0 fully saturated rings. The molecule has 0 saturated heterocycles. The highest BCUT2D eigenvalue weighted by Gasteiger charge is 2.28. The van der Waals surface area contributed by atoms with Crippen molar-refractivity contribution in [2.24, 2.45) is 5.73 Å². The van der Waals surface area contributed by atoms with Crippen molar-refractivity contribution in [3.8, 4) is 11.1 Å². The second kappa shape index (κ2) is 10.7. The van der Waals surface area contributed by atoms with E-state index >= 15 is 8.78 Å². The van der Waals surface area contributed by atoms with E-state index in [0.717, 1.165) is 12.1 Å². The standard InChI is InChI=1S/C25H23F2N3O4/c1-2-34-22(24(31)30-13-14-6-8-15(9-7-14)23(28)29)21-19(26)11-18(12-20(21)27)16-4-3-5-17(10-16)25(32)33/h3-12,22H,2,13H2,1H3,(H3,28,29)(H,30,31)(H,32,33). The van der Waals surface area contributed by atoms with Gasteiger partial charge in [-0.1, -0.05) is 36.4 Å². The van der Waals surface area contributed by atoms with E-state index in [0.29, 0.717) is 16.7 Å². The van der Waals surface area contributed by atoms with Crippen molar-refractivity contribution in [2.75, 3.05) is 6.61 Å². The average molecular weight is 467 g/mol. The monoisotopic (exact) mass is 467 g/mol. The van der Waals surface area contributed by atoms with Crippen LogP contribution in [0.4, 0.5) is 8.78 Å². The van der Waals surface area contributed by atoms with Crippen LogP contribution in [0.1, 0.15) is 40.1 Å². The Hall–Kier alpha value is -4.11. The van der Waals surface area contributed by atoms with Gasteiger partial charge in [-0.15, -0.1) is 0 Å². The molecule has 3 rings (SSSR count). The zero-order chi connectivity index (χ0) is 24.8. The Morgan fingerprint density at radius 3 is 2.24 bits per heavy atom. The van der Waals surface area contributed by atoms with E-state index in [1.165, 1.54) is 24.3 Å². The minimum atomic E-state index is -1.53. The molecule has 0 aromatic heterocycles. The van der Waals surface area contributed by atoms with E-state index in [1.807, 2.05) is 0 Å². The highest BCUT2D eigenvalue weighted by atomic mass is 19.1. The van der Waals surface area contributed by atoms with Gasteiger partial charge in [0.05, 0.1) is 11.1 Å². The summed E-state index contributed by atoms with van der Waals surface area (Å²) in [5.74, 6) is -3.96. The molecule has 5 N–H and O–H groups in total. The first kappa shape index (κ1) is 24.5.